The van der Waals surface area contributed by atoms with Crippen molar-refractivity contribution in [2.45, 2.75) is 51.0 Å². The van der Waals surface area contributed by atoms with Crippen LogP contribution >= 0.6 is 0 Å². The molecule has 1 aliphatic heterocycles. The Bertz CT molecular complexity index is 693. The fraction of sp³-hybridized carbons (Fsp3) is 0.611. The summed E-state index contributed by atoms with van der Waals surface area (Å²) < 4.78 is 32.5. The van der Waals surface area contributed by atoms with Gasteiger partial charge < -0.3 is 10.1 Å². The Morgan fingerprint density at radius 1 is 1.28 bits per heavy atom. The third-order valence-electron chi connectivity index (χ3n) is 4.03. The molecule has 1 aromatic rings. The smallest absolute Gasteiger partial charge is 0.243 e. The monoisotopic (exact) mass is 368 g/mol. The first-order valence-electron chi connectivity index (χ1n) is 8.68. The van der Waals surface area contributed by atoms with Gasteiger partial charge in [-0.3, -0.25) is 4.79 Å². The first-order valence-corrected chi connectivity index (χ1v) is 10.1. The fourth-order valence-corrected chi connectivity index (χ4v) is 4.39. The number of sulfonamides is 1. The molecule has 1 fully saturated rings. The van der Waals surface area contributed by atoms with Crippen LogP contribution in [-0.4, -0.2) is 43.9 Å². The van der Waals surface area contributed by atoms with E-state index in [1.165, 1.54) is 4.31 Å². The summed E-state index contributed by atoms with van der Waals surface area (Å²) in [6.45, 7) is 8.82. The molecule has 0 spiro atoms. The molecule has 0 saturated carbocycles. The molecule has 1 aliphatic rings. The Balaban J connectivity index is 2.12. The zero-order chi connectivity index (χ0) is 18.7. The van der Waals surface area contributed by atoms with Gasteiger partial charge in [0.15, 0.2) is 0 Å². The number of carbonyl (C=O) groups is 1. The lowest BCUT2D eigenvalue weighted by Crippen LogP contribution is -2.49. The van der Waals surface area contributed by atoms with E-state index in [-0.39, 0.29) is 28.8 Å². The molecule has 2 rings (SSSR count). The van der Waals surface area contributed by atoms with Gasteiger partial charge in [-0.15, -0.1) is 0 Å². The lowest BCUT2D eigenvalue weighted by atomic mass is 9.97. The maximum Gasteiger partial charge on any atom is 0.243 e. The van der Waals surface area contributed by atoms with Crippen LogP contribution in [0.3, 0.4) is 0 Å². The molecular weight excluding hydrogens is 340 g/mol. The minimum atomic E-state index is -3.61. The summed E-state index contributed by atoms with van der Waals surface area (Å²) >= 11 is 0. The van der Waals surface area contributed by atoms with E-state index in [2.05, 4.69) is 5.32 Å². The average Bonchev–Trinajstić information content (AvgIpc) is 2.54. The average molecular weight is 368 g/mol. The van der Waals surface area contributed by atoms with Gasteiger partial charge in [-0.05, 0) is 64.8 Å². The standard InChI is InChI=1S/C18H28N2O4S/c1-5-24-15-8-10-16(11-9-15)25(22,23)20-12-6-7-14(13-20)17(21)19-18(2,3)4/h8-11,14H,5-7,12-13H2,1-4H3,(H,19,21)/t14-/m0/s1. The summed E-state index contributed by atoms with van der Waals surface area (Å²) in [6, 6.07) is 6.42. The Morgan fingerprint density at radius 3 is 2.48 bits per heavy atom. The Hall–Kier alpha value is -1.60. The minimum Gasteiger partial charge on any atom is -0.494 e. The van der Waals surface area contributed by atoms with Gasteiger partial charge in [0.1, 0.15) is 5.75 Å². The first-order chi connectivity index (χ1) is 11.6. The van der Waals surface area contributed by atoms with Crippen LogP contribution in [0.25, 0.3) is 0 Å². The summed E-state index contributed by atoms with van der Waals surface area (Å²) in [5.74, 6) is 0.243. The van der Waals surface area contributed by atoms with Crippen LogP contribution < -0.4 is 10.1 Å². The van der Waals surface area contributed by atoms with E-state index >= 15 is 0 Å². The lowest BCUT2D eigenvalue weighted by molar-refractivity contribution is -0.127. The summed E-state index contributed by atoms with van der Waals surface area (Å²) in [6.07, 6.45) is 1.38. The quantitative estimate of drug-likeness (QED) is 0.866. The predicted octanol–water partition coefficient (Wildman–Crippen LogP) is 2.40. The van der Waals surface area contributed by atoms with Gasteiger partial charge in [-0.25, -0.2) is 8.42 Å². The Kier molecular flexibility index (Phi) is 6.11. The van der Waals surface area contributed by atoms with Crippen molar-refractivity contribution in [2.75, 3.05) is 19.7 Å². The number of ether oxygens (including phenoxy) is 1. The number of piperidine rings is 1. The van der Waals surface area contributed by atoms with E-state index in [1.807, 2.05) is 27.7 Å². The Labute approximate surface area is 150 Å². The molecule has 0 bridgehead atoms. The summed E-state index contributed by atoms with van der Waals surface area (Å²) in [5.41, 5.74) is -0.326. The van der Waals surface area contributed by atoms with Crippen LogP contribution in [0.4, 0.5) is 0 Å². The highest BCUT2D eigenvalue weighted by Gasteiger charge is 2.34. The lowest BCUT2D eigenvalue weighted by Gasteiger charge is -2.33. The van der Waals surface area contributed by atoms with E-state index in [0.29, 0.717) is 31.7 Å². The van der Waals surface area contributed by atoms with Crippen molar-refractivity contribution in [2.24, 2.45) is 5.92 Å². The molecule has 0 radical (unpaired) electrons. The van der Waals surface area contributed by atoms with Gasteiger partial charge in [0, 0.05) is 18.6 Å². The number of nitrogens with one attached hydrogen (secondary N) is 1. The predicted molar refractivity (Wildman–Crippen MR) is 97.0 cm³/mol. The maximum absolute atomic E-state index is 12.9. The molecule has 1 atom stereocenters. The third kappa shape index (κ3) is 5.19. The largest absolute Gasteiger partial charge is 0.494 e. The molecule has 0 aromatic heterocycles. The zero-order valence-corrected chi connectivity index (χ0v) is 16.2. The van der Waals surface area contributed by atoms with E-state index in [4.69, 9.17) is 4.74 Å². The van der Waals surface area contributed by atoms with Crippen LogP contribution in [0.1, 0.15) is 40.5 Å². The molecule has 6 nitrogen and oxygen atoms in total. The summed E-state index contributed by atoms with van der Waals surface area (Å²) in [4.78, 5) is 12.6. The molecule has 1 N–H and O–H groups in total. The molecule has 1 amide bonds. The number of nitrogens with zero attached hydrogens (tertiary/aromatic N) is 1. The highest BCUT2D eigenvalue weighted by molar-refractivity contribution is 7.89. The minimum absolute atomic E-state index is 0.0842. The van der Waals surface area contributed by atoms with Crippen molar-refractivity contribution in [3.63, 3.8) is 0 Å². The number of amides is 1. The van der Waals surface area contributed by atoms with Crippen molar-refractivity contribution in [1.82, 2.24) is 9.62 Å². The van der Waals surface area contributed by atoms with Crippen molar-refractivity contribution in [3.8, 4) is 5.75 Å². The second-order valence-corrected chi connectivity index (χ2v) is 9.28. The number of hydrogen-bond donors (Lipinski definition) is 1. The van der Waals surface area contributed by atoms with E-state index in [9.17, 15) is 13.2 Å². The second-order valence-electron chi connectivity index (χ2n) is 7.35. The second kappa shape index (κ2) is 7.74. The van der Waals surface area contributed by atoms with Crippen molar-refractivity contribution >= 4 is 15.9 Å². The van der Waals surface area contributed by atoms with Gasteiger partial charge in [0.2, 0.25) is 15.9 Å². The highest BCUT2D eigenvalue weighted by atomic mass is 32.2. The number of carbonyl (C=O) groups excluding carboxylic acids is 1. The topological polar surface area (TPSA) is 75.7 Å². The normalized spacial score (nSPS) is 19.4. The van der Waals surface area contributed by atoms with Gasteiger partial charge in [0.05, 0.1) is 17.4 Å². The zero-order valence-electron chi connectivity index (χ0n) is 15.4. The molecule has 7 heteroatoms. The number of rotatable bonds is 5. The van der Waals surface area contributed by atoms with Crippen LogP contribution in [0.2, 0.25) is 0 Å². The Morgan fingerprint density at radius 2 is 1.92 bits per heavy atom. The van der Waals surface area contributed by atoms with E-state index in [1.54, 1.807) is 24.3 Å². The summed E-state index contributed by atoms with van der Waals surface area (Å²) in [7, 11) is -3.61. The van der Waals surface area contributed by atoms with Gasteiger partial charge in [-0.1, -0.05) is 0 Å². The molecule has 0 aliphatic carbocycles. The highest BCUT2D eigenvalue weighted by Crippen LogP contribution is 2.25. The van der Waals surface area contributed by atoms with Gasteiger partial charge in [-0.2, -0.15) is 4.31 Å². The van der Waals surface area contributed by atoms with E-state index in [0.717, 1.165) is 0 Å². The SMILES string of the molecule is CCOc1ccc(S(=O)(=O)N2CCC[C@H](C(=O)NC(C)(C)C)C2)cc1. The molecule has 1 heterocycles. The number of hydrogen-bond acceptors (Lipinski definition) is 4. The van der Waals surface area contributed by atoms with Crippen LogP contribution in [0, 0.1) is 5.92 Å². The molecule has 1 saturated heterocycles. The third-order valence-corrected chi connectivity index (χ3v) is 5.90. The van der Waals surface area contributed by atoms with Crippen molar-refractivity contribution in [3.05, 3.63) is 24.3 Å². The molecule has 25 heavy (non-hydrogen) atoms. The molecule has 140 valence electrons. The number of benzene rings is 1. The van der Waals surface area contributed by atoms with Crippen molar-refractivity contribution < 1.29 is 17.9 Å². The van der Waals surface area contributed by atoms with Crippen molar-refractivity contribution in [1.29, 1.82) is 0 Å². The first kappa shape index (κ1) is 19.7. The van der Waals surface area contributed by atoms with Gasteiger partial charge >= 0.3 is 0 Å². The maximum atomic E-state index is 12.9. The molecule has 1 aromatic carbocycles. The fourth-order valence-electron chi connectivity index (χ4n) is 2.87. The van der Waals surface area contributed by atoms with Crippen LogP contribution in [0.5, 0.6) is 5.75 Å². The van der Waals surface area contributed by atoms with Crippen LogP contribution in [0.15, 0.2) is 29.2 Å². The van der Waals surface area contributed by atoms with E-state index < -0.39 is 10.0 Å². The van der Waals surface area contributed by atoms with Gasteiger partial charge in [0.25, 0.3) is 0 Å². The summed E-state index contributed by atoms with van der Waals surface area (Å²) in [5, 5.41) is 2.95. The van der Waals surface area contributed by atoms with Crippen LogP contribution in [-0.2, 0) is 14.8 Å². The molecular formula is C18H28N2O4S. The molecule has 0 unspecified atom stereocenters.